The van der Waals surface area contributed by atoms with Crippen LogP contribution in [0.25, 0.3) is 17.3 Å². The second kappa shape index (κ2) is 8.43. The number of benzene rings is 2. The average Bonchev–Trinajstić information content (AvgIpc) is 3.14. The lowest BCUT2D eigenvalue weighted by molar-refractivity contribution is 0.0947. The molecule has 154 valence electrons. The third-order valence-corrected chi connectivity index (χ3v) is 6.35. The van der Waals surface area contributed by atoms with Gasteiger partial charge in [-0.05, 0) is 48.8 Å². The minimum absolute atomic E-state index is 0.0744. The molecule has 0 radical (unpaired) electrons. The van der Waals surface area contributed by atoms with Gasteiger partial charge < -0.3 is 0 Å². The van der Waals surface area contributed by atoms with Crippen LogP contribution in [0.15, 0.2) is 60.7 Å². The van der Waals surface area contributed by atoms with Crippen LogP contribution in [0.1, 0.15) is 72.6 Å². The lowest BCUT2D eigenvalue weighted by Crippen LogP contribution is -2.23. The van der Waals surface area contributed by atoms with Crippen LogP contribution in [0.4, 0.5) is 0 Å². The molecule has 3 nitrogen and oxygen atoms in total. The van der Waals surface area contributed by atoms with E-state index < -0.39 is 0 Å². The minimum Gasteiger partial charge on any atom is -0.267 e. The van der Waals surface area contributed by atoms with Crippen molar-refractivity contribution >= 4 is 12.0 Å². The lowest BCUT2D eigenvalue weighted by Gasteiger charge is -2.30. The summed E-state index contributed by atoms with van der Waals surface area (Å²) in [4.78, 5) is 13.3. The summed E-state index contributed by atoms with van der Waals surface area (Å²) in [6.07, 6.45) is 5.76. The lowest BCUT2D eigenvalue weighted by atomic mass is 9.75. The highest BCUT2D eigenvalue weighted by atomic mass is 16.2. The molecule has 0 aliphatic heterocycles. The van der Waals surface area contributed by atoms with Gasteiger partial charge in [0.25, 0.3) is 5.91 Å². The molecule has 1 heterocycles. The Labute approximate surface area is 179 Å². The first-order valence-electron chi connectivity index (χ1n) is 10.9. The number of aryl methyl sites for hydroxylation is 1. The van der Waals surface area contributed by atoms with E-state index in [1.54, 1.807) is 10.8 Å². The fourth-order valence-electron chi connectivity index (χ4n) is 4.65. The second-order valence-electron chi connectivity index (χ2n) is 8.79. The van der Waals surface area contributed by atoms with Gasteiger partial charge in [0, 0.05) is 23.1 Å². The number of aromatic nitrogens is 2. The van der Waals surface area contributed by atoms with Crippen molar-refractivity contribution in [2.75, 3.05) is 0 Å². The summed E-state index contributed by atoms with van der Waals surface area (Å²) < 4.78 is 1.69. The Hall–Kier alpha value is -2.94. The van der Waals surface area contributed by atoms with E-state index in [0.29, 0.717) is 17.8 Å². The fraction of sp³-hybridized carbons (Fsp3) is 0.333. The van der Waals surface area contributed by atoms with Crippen LogP contribution in [0, 0.1) is 12.8 Å². The molecule has 0 fully saturated rings. The third-order valence-electron chi connectivity index (χ3n) is 6.35. The van der Waals surface area contributed by atoms with E-state index in [4.69, 9.17) is 5.10 Å². The number of carbonyl (C=O) groups is 1. The highest BCUT2D eigenvalue weighted by Gasteiger charge is 2.35. The Morgan fingerprint density at radius 2 is 1.77 bits per heavy atom. The summed E-state index contributed by atoms with van der Waals surface area (Å²) >= 11 is 0. The highest BCUT2D eigenvalue weighted by Crippen LogP contribution is 2.46. The number of nitrogens with zero attached hydrogens (tertiary/aromatic N) is 2. The standard InChI is InChI=1S/C27H30N2O/c1-18(2)22-16-14-20(4)25-26(23-13-9-8-10-19(23)3)28-29(27(22)25)24(30)17-15-21-11-6-5-7-12-21/h5-13,15,17-18,20,22H,14,16H2,1-4H3/b17-15+/t20-,22+/m0/s1. The second-order valence-corrected chi connectivity index (χ2v) is 8.79. The summed E-state index contributed by atoms with van der Waals surface area (Å²) in [5, 5.41) is 4.93. The van der Waals surface area contributed by atoms with Crippen molar-refractivity contribution in [2.45, 2.75) is 52.4 Å². The zero-order valence-electron chi connectivity index (χ0n) is 18.3. The Bertz CT molecular complexity index is 1080. The van der Waals surface area contributed by atoms with Crippen LogP contribution in [-0.2, 0) is 0 Å². The minimum atomic E-state index is -0.0744. The van der Waals surface area contributed by atoms with Crippen molar-refractivity contribution in [3.05, 3.63) is 83.1 Å². The van der Waals surface area contributed by atoms with Crippen LogP contribution >= 0.6 is 0 Å². The quantitative estimate of drug-likeness (QED) is 0.451. The Kier molecular flexibility index (Phi) is 5.72. The van der Waals surface area contributed by atoms with E-state index in [0.717, 1.165) is 35.4 Å². The first kappa shape index (κ1) is 20.3. The van der Waals surface area contributed by atoms with Crippen molar-refractivity contribution in [2.24, 2.45) is 5.92 Å². The van der Waals surface area contributed by atoms with E-state index in [2.05, 4.69) is 52.0 Å². The maximum Gasteiger partial charge on any atom is 0.271 e. The number of allylic oxidation sites excluding steroid dienone is 1. The van der Waals surface area contributed by atoms with E-state index in [-0.39, 0.29) is 5.91 Å². The van der Waals surface area contributed by atoms with Crippen molar-refractivity contribution < 1.29 is 4.79 Å². The van der Waals surface area contributed by atoms with Crippen molar-refractivity contribution in [1.82, 2.24) is 9.78 Å². The van der Waals surface area contributed by atoms with Crippen LogP contribution in [0.3, 0.4) is 0 Å². The summed E-state index contributed by atoms with van der Waals surface area (Å²) in [5.41, 5.74) is 6.68. The van der Waals surface area contributed by atoms with Crippen molar-refractivity contribution in [1.29, 1.82) is 0 Å². The molecular weight excluding hydrogens is 368 g/mol. The summed E-state index contributed by atoms with van der Waals surface area (Å²) in [7, 11) is 0. The molecular formula is C27H30N2O. The predicted octanol–water partition coefficient (Wildman–Crippen LogP) is 6.85. The van der Waals surface area contributed by atoms with Crippen molar-refractivity contribution in [3.8, 4) is 11.3 Å². The van der Waals surface area contributed by atoms with E-state index in [1.807, 2.05) is 36.4 Å². The highest BCUT2D eigenvalue weighted by molar-refractivity contribution is 5.94. The molecule has 3 heteroatoms. The van der Waals surface area contributed by atoms with Crippen LogP contribution in [0.2, 0.25) is 0 Å². The Morgan fingerprint density at radius 3 is 2.47 bits per heavy atom. The predicted molar refractivity (Wildman–Crippen MR) is 124 cm³/mol. The maximum atomic E-state index is 13.3. The maximum absolute atomic E-state index is 13.3. The molecule has 0 saturated carbocycles. The molecule has 1 aromatic heterocycles. The number of hydrogen-bond acceptors (Lipinski definition) is 2. The first-order valence-corrected chi connectivity index (χ1v) is 10.9. The number of rotatable bonds is 4. The molecule has 0 bridgehead atoms. The van der Waals surface area contributed by atoms with Crippen LogP contribution in [0.5, 0.6) is 0 Å². The van der Waals surface area contributed by atoms with Gasteiger partial charge in [0.15, 0.2) is 0 Å². The zero-order valence-corrected chi connectivity index (χ0v) is 18.3. The molecule has 0 N–H and O–H groups in total. The summed E-state index contributed by atoms with van der Waals surface area (Å²) in [6.45, 7) is 8.89. The fourth-order valence-corrected chi connectivity index (χ4v) is 4.65. The molecule has 0 spiro atoms. The molecule has 1 aliphatic carbocycles. The molecule has 0 saturated heterocycles. The monoisotopic (exact) mass is 398 g/mol. The van der Waals surface area contributed by atoms with Gasteiger partial charge in [0.1, 0.15) is 0 Å². The van der Waals surface area contributed by atoms with Crippen LogP contribution in [-0.4, -0.2) is 15.7 Å². The molecule has 0 amide bonds. The van der Waals surface area contributed by atoms with E-state index in [9.17, 15) is 4.79 Å². The van der Waals surface area contributed by atoms with E-state index in [1.165, 1.54) is 11.1 Å². The first-order chi connectivity index (χ1) is 14.5. The zero-order chi connectivity index (χ0) is 21.3. The Balaban J connectivity index is 1.86. The third kappa shape index (κ3) is 3.77. The van der Waals surface area contributed by atoms with Crippen molar-refractivity contribution in [3.63, 3.8) is 0 Å². The van der Waals surface area contributed by atoms with E-state index >= 15 is 0 Å². The largest absolute Gasteiger partial charge is 0.271 e. The van der Waals surface area contributed by atoms with Gasteiger partial charge in [-0.1, -0.05) is 75.4 Å². The van der Waals surface area contributed by atoms with Gasteiger partial charge in [-0.3, -0.25) is 4.79 Å². The Morgan fingerprint density at radius 1 is 1.07 bits per heavy atom. The van der Waals surface area contributed by atoms with Gasteiger partial charge in [-0.15, -0.1) is 0 Å². The molecule has 3 aromatic rings. The average molecular weight is 399 g/mol. The molecule has 1 aliphatic rings. The topological polar surface area (TPSA) is 34.9 Å². The summed E-state index contributed by atoms with van der Waals surface area (Å²) in [5.74, 6) is 1.12. The molecule has 30 heavy (non-hydrogen) atoms. The molecule has 2 atom stereocenters. The van der Waals surface area contributed by atoms with Gasteiger partial charge >= 0.3 is 0 Å². The summed E-state index contributed by atoms with van der Waals surface area (Å²) in [6, 6.07) is 18.3. The normalized spacial score (nSPS) is 18.7. The van der Waals surface area contributed by atoms with Gasteiger partial charge in [0.2, 0.25) is 0 Å². The van der Waals surface area contributed by atoms with Crippen LogP contribution < -0.4 is 0 Å². The number of fused-ring (bicyclic) bond motifs is 1. The van der Waals surface area contributed by atoms with Gasteiger partial charge in [-0.2, -0.15) is 5.10 Å². The van der Waals surface area contributed by atoms with Gasteiger partial charge in [0.05, 0.1) is 11.4 Å². The number of carbonyl (C=O) groups excluding carboxylic acids is 1. The SMILES string of the molecule is Cc1ccccc1-c1nn(C(=O)/C=C/c2ccccc2)c2c1[C@@H](C)CC[C@@H]2C(C)C. The molecule has 0 unspecified atom stereocenters. The molecule has 2 aromatic carbocycles. The molecule has 4 rings (SSSR count). The van der Waals surface area contributed by atoms with Gasteiger partial charge in [-0.25, -0.2) is 4.68 Å². The smallest absolute Gasteiger partial charge is 0.267 e. The number of hydrogen-bond donors (Lipinski definition) is 0.